The molecular weight excluding hydrogens is 220 g/mol. The van der Waals surface area contributed by atoms with Crippen molar-refractivity contribution in [2.45, 2.75) is 72.1 Å². The van der Waals surface area contributed by atoms with E-state index in [9.17, 15) is 4.79 Å². The SMILES string of the molecule is CCC1CCCC(C(=O)C2CCC(C)C(C)C2)C1. The molecule has 5 unspecified atom stereocenters. The van der Waals surface area contributed by atoms with Crippen LogP contribution in [0.5, 0.6) is 0 Å². The Bertz CT molecular complexity index is 275. The second-order valence-electron chi connectivity index (χ2n) is 7.00. The summed E-state index contributed by atoms with van der Waals surface area (Å²) in [6, 6.07) is 0. The molecular formula is C17H30O. The fourth-order valence-corrected chi connectivity index (χ4v) is 4.06. The molecule has 0 spiro atoms. The number of ketones is 1. The van der Waals surface area contributed by atoms with E-state index in [-0.39, 0.29) is 0 Å². The van der Waals surface area contributed by atoms with Crippen LogP contribution in [0.4, 0.5) is 0 Å². The van der Waals surface area contributed by atoms with Crippen molar-refractivity contribution in [2.75, 3.05) is 0 Å². The third-order valence-electron chi connectivity index (χ3n) is 5.76. The molecule has 0 bridgehead atoms. The van der Waals surface area contributed by atoms with Gasteiger partial charge in [-0.25, -0.2) is 0 Å². The van der Waals surface area contributed by atoms with E-state index in [4.69, 9.17) is 0 Å². The quantitative estimate of drug-likeness (QED) is 0.700. The molecule has 0 aromatic carbocycles. The number of carbonyl (C=O) groups is 1. The van der Waals surface area contributed by atoms with E-state index in [1.54, 1.807) is 0 Å². The lowest BCUT2D eigenvalue weighted by Gasteiger charge is -2.35. The number of carbonyl (C=O) groups excluding carboxylic acids is 1. The Balaban J connectivity index is 1.90. The van der Waals surface area contributed by atoms with Crippen LogP contribution in [0, 0.1) is 29.6 Å². The van der Waals surface area contributed by atoms with E-state index >= 15 is 0 Å². The molecule has 2 aliphatic carbocycles. The van der Waals surface area contributed by atoms with Crippen LogP contribution >= 0.6 is 0 Å². The monoisotopic (exact) mass is 250 g/mol. The van der Waals surface area contributed by atoms with E-state index in [1.165, 1.54) is 38.5 Å². The van der Waals surface area contributed by atoms with Crippen LogP contribution in [-0.4, -0.2) is 5.78 Å². The van der Waals surface area contributed by atoms with E-state index in [2.05, 4.69) is 20.8 Å². The summed E-state index contributed by atoms with van der Waals surface area (Å²) in [6.07, 6.45) is 9.87. The normalized spacial score (nSPS) is 41.6. The summed E-state index contributed by atoms with van der Waals surface area (Å²) in [6.45, 7) is 6.96. The molecule has 104 valence electrons. The van der Waals surface area contributed by atoms with Crippen molar-refractivity contribution in [1.82, 2.24) is 0 Å². The standard InChI is InChI=1S/C17H30O/c1-4-14-6-5-7-15(11-14)17(18)16-9-8-12(2)13(3)10-16/h12-16H,4-11H2,1-3H3. The maximum absolute atomic E-state index is 12.7. The van der Waals surface area contributed by atoms with Crippen LogP contribution in [0.2, 0.25) is 0 Å². The van der Waals surface area contributed by atoms with Crippen molar-refractivity contribution >= 4 is 5.78 Å². The first-order chi connectivity index (χ1) is 8.61. The predicted molar refractivity (Wildman–Crippen MR) is 76.4 cm³/mol. The molecule has 2 aliphatic rings. The summed E-state index contributed by atoms with van der Waals surface area (Å²) in [5, 5.41) is 0. The molecule has 1 heteroatoms. The van der Waals surface area contributed by atoms with E-state index in [1.807, 2.05) is 0 Å². The highest BCUT2D eigenvalue weighted by molar-refractivity contribution is 5.83. The topological polar surface area (TPSA) is 17.1 Å². The van der Waals surface area contributed by atoms with Crippen molar-refractivity contribution in [3.8, 4) is 0 Å². The van der Waals surface area contributed by atoms with Crippen molar-refractivity contribution in [1.29, 1.82) is 0 Å². The van der Waals surface area contributed by atoms with E-state index in [0.29, 0.717) is 17.6 Å². The average molecular weight is 250 g/mol. The minimum Gasteiger partial charge on any atom is -0.299 e. The van der Waals surface area contributed by atoms with Gasteiger partial charge in [0.05, 0.1) is 0 Å². The van der Waals surface area contributed by atoms with E-state index < -0.39 is 0 Å². The van der Waals surface area contributed by atoms with Gasteiger partial charge in [-0.05, 0) is 49.9 Å². The van der Waals surface area contributed by atoms with Gasteiger partial charge >= 0.3 is 0 Å². The molecule has 2 saturated carbocycles. The first kappa shape index (κ1) is 14.1. The van der Waals surface area contributed by atoms with Crippen molar-refractivity contribution in [3.63, 3.8) is 0 Å². The Kier molecular flexibility index (Phi) is 4.86. The molecule has 0 aliphatic heterocycles. The molecule has 2 fully saturated rings. The van der Waals surface area contributed by atoms with Crippen LogP contribution in [0.25, 0.3) is 0 Å². The van der Waals surface area contributed by atoms with Gasteiger partial charge in [0.15, 0.2) is 0 Å². The number of hydrogen-bond donors (Lipinski definition) is 0. The second-order valence-corrected chi connectivity index (χ2v) is 7.00. The maximum atomic E-state index is 12.7. The van der Waals surface area contributed by atoms with Crippen LogP contribution in [0.3, 0.4) is 0 Å². The van der Waals surface area contributed by atoms with Gasteiger partial charge in [0.25, 0.3) is 0 Å². The highest BCUT2D eigenvalue weighted by Gasteiger charge is 2.34. The smallest absolute Gasteiger partial charge is 0.139 e. The third kappa shape index (κ3) is 3.16. The highest BCUT2D eigenvalue weighted by atomic mass is 16.1. The molecule has 0 heterocycles. The van der Waals surface area contributed by atoms with Crippen molar-refractivity contribution < 1.29 is 4.79 Å². The summed E-state index contributed by atoms with van der Waals surface area (Å²) in [7, 11) is 0. The Morgan fingerprint density at radius 2 is 1.67 bits per heavy atom. The maximum Gasteiger partial charge on any atom is 0.139 e. The number of rotatable bonds is 3. The predicted octanol–water partition coefficient (Wildman–Crippen LogP) is 4.84. The van der Waals surface area contributed by atoms with Crippen molar-refractivity contribution in [3.05, 3.63) is 0 Å². The van der Waals surface area contributed by atoms with Gasteiger partial charge in [0.2, 0.25) is 0 Å². The molecule has 0 radical (unpaired) electrons. The van der Waals surface area contributed by atoms with Gasteiger partial charge in [0.1, 0.15) is 5.78 Å². The lowest BCUT2D eigenvalue weighted by Crippen LogP contribution is -2.33. The Hall–Kier alpha value is -0.330. The van der Waals surface area contributed by atoms with Crippen LogP contribution in [0.15, 0.2) is 0 Å². The first-order valence-electron chi connectivity index (χ1n) is 8.15. The molecule has 1 nitrogen and oxygen atoms in total. The van der Waals surface area contributed by atoms with Crippen LogP contribution in [0.1, 0.15) is 72.1 Å². The molecule has 0 N–H and O–H groups in total. The lowest BCUT2D eigenvalue weighted by molar-refractivity contribution is -0.130. The van der Waals surface area contributed by atoms with Crippen molar-refractivity contribution in [2.24, 2.45) is 29.6 Å². The zero-order chi connectivity index (χ0) is 13.1. The van der Waals surface area contributed by atoms with Gasteiger partial charge in [-0.3, -0.25) is 4.79 Å². The van der Waals surface area contributed by atoms with Gasteiger partial charge in [-0.2, -0.15) is 0 Å². The summed E-state index contributed by atoms with van der Waals surface area (Å²) in [5.74, 6) is 3.84. The largest absolute Gasteiger partial charge is 0.299 e. The lowest BCUT2D eigenvalue weighted by atomic mass is 9.69. The Labute approximate surface area is 113 Å². The second kappa shape index (κ2) is 6.21. The summed E-state index contributed by atoms with van der Waals surface area (Å²) in [4.78, 5) is 12.7. The molecule has 0 amide bonds. The summed E-state index contributed by atoms with van der Waals surface area (Å²) >= 11 is 0. The van der Waals surface area contributed by atoms with Crippen LogP contribution in [-0.2, 0) is 4.79 Å². The highest BCUT2D eigenvalue weighted by Crippen LogP contribution is 2.39. The fraction of sp³-hybridized carbons (Fsp3) is 0.941. The Morgan fingerprint density at radius 3 is 2.33 bits per heavy atom. The molecule has 18 heavy (non-hydrogen) atoms. The molecule has 0 aromatic heterocycles. The summed E-state index contributed by atoms with van der Waals surface area (Å²) in [5.41, 5.74) is 0. The zero-order valence-electron chi connectivity index (χ0n) is 12.5. The van der Waals surface area contributed by atoms with E-state index in [0.717, 1.165) is 30.6 Å². The number of hydrogen-bond acceptors (Lipinski definition) is 1. The van der Waals surface area contributed by atoms with Gasteiger partial charge < -0.3 is 0 Å². The minimum atomic E-state index is 0.400. The molecule has 0 saturated heterocycles. The molecule has 5 atom stereocenters. The van der Waals surface area contributed by atoms with Crippen LogP contribution < -0.4 is 0 Å². The average Bonchev–Trinajstić information content (AvgIpc) is 2.41. The minimum absolute atomic E-state index is 0.400. The number of Topliss-reactive ketones (excluding diaryl/α,β-unsaturated/α-hetero) is 1. The first-order valence-corrected chi connectivity index (χ1v) is 8.15. The fourth-order valence-electron chi connectivity index (χ4n) is 4.06. The Morgan fingerprint density at radius 1 is 0.944 bits per heavy atom. The van der Waals surface area contributed by atoms with Gasteiger partial charge in [-0.1, -0.05) is 40.0 Å². The zero-order valence-corrected chi connectivity index (χ0v) is 12.5. The third-order valence-corrected chi connectivity index (χ3v) is 5.76. The van der Waals surface area contributed by atoms with Gasteiger partial charge in [-0.15, -0.1) is 0 Å². The molecule has 0 aromatic rings. The molecule has 2 rings (SSSR count). The van der Waals surface area contributed by atoms with Gasteiger partial charge in [0, 0.05) is 11.8 Å². The summed E-state index contributed by atoms with van der Waals surface area (Å²) < 4.78 is 0.